The molecule has 4 rings (SSSR count). The van der Waals surface area contributed by atoms with Crippen molar-refractivity contribution in [2.24, 2.45) is 0 Å². The number of rotatable bonds is 2. The van der Waals surface area contributed by atoms with Crippen LogP contribution in [-0.2, 0) is 16.0 Å². The number of fused-ring (bicyclic) bond motifs is 1. The summed E-state index contributed by atoms with van der Waals surface area (Å²) < 4.78 is 24.7. The molecule has 1 fully saturated rings. The molecule has 2 aliphatic rings. The van der Waals surface area contributed by atoms with Crippen molar-refractivity contribution in [3.8, 4) is 5.75 Å². The Labute approximate surface area is 137 Å². The second-order valence-electron chi connectivity index (χ2n) is 5.99. The van der Waals surface area contributed by atoms with Gasteiger partial charge in [-0.25, -0.2) is 9.37 Å². The number of halogens is 1. The van der Waals surface area contributed by atoms with Gasteiger partial charge in [-0.3, -0.25) is 9.89 Å². The van der Waals surface area contributed by atoms with Crippen molar-refractivity contribution in [2.75, 3.05) is 19.7 Å². The van der Waals surface area contributed by atoms with Crippen LogP contribution in [0.3, 0.4) is 0 Å². The van der Waals surface area contributed by atoms with Crippen LogP contribution >= 0.6 is 0 Å². The highest BCUT2D eigenvalue weighted by Crippen LogP contribution is 2.30. The van der Waals surface area contributed by atoms with Gasteiger partial charge in [-0.1, -0.05) is 0 Å². The SMILES string of the molecule is Cc1nc([C@@H]2CN(C(=O)[C@@H]3Cc4cc(F)ccc4O3)CCO2)n[nH]1. The minimum atomic E-state index is -0.616. The molecule has 0 aliphatic carbocycles. The highest BCUT2D eigenvalue weighted by molar-refractivity contribution is 5.82. The van der Waals surface area contributed by atoms with E-state index in [4.69, 9.17) is 9.47 Å². The van der Waals surface area contributed by atoms with E-state index in [2.05, 4.69) is 15.2 Å². The Kier molecular flexibility index (Phi) is 3.68. The summed E-state index contributed by atoms with van der Waals surface area (Å²) in [6.45, 7) is 3.09. The third-order valence-corrected chi connectivity index (χ3v) is 4.25. The van der Waals surface area contributed by atoms with Crippen molar-refractivity contribution in [3.05, 3.63) is 41.2 Å². The normalized spacial score (nSPS) is 23.0. The average Bonchev–Trinajstić information content (AvgIpc) is 3.20. The molecule has 1 aromatic heterocycles. The molecular formula is C16H17FN4O3. The highest BCUT2D eigenvalue weighted by Gasteiger charge is 2.36. The lowest BCUT2D eigenvalue weighted by Gasteiger charge is -2.32. The number of morpholine rings is 1. The Morgan fingerprint density at radius 1 is 1.46 bits per heavy atom. The molecule has 2 atom stereocenters. The molecule has 2 aliphatic heterocycles. The number of H-pyrrole nitrogens is 1. The summed E-state index contributed by atoms with van der Waals surface area (Å²) in [4.78, 5) is 18.7. The highest BCUT2D eigenvalue weighted by atomic mass is 19.1. The summed E-state index contributed by atoms with van der Waals surface area (Å²) in [6, 6.07) is 4.32. The van der Waals surface area contributed by atoms with Crippen LogP contribution in [0.2, 0.25) is 0 Å². The number of carbonyl (C=O) groups excluding carboxylic acids is 1. The number of aromatic amines is 1. The van der Waals surface area contributed by atoms with Crippen molar-refractivity contribution >= 4 is 5.91 Å². The zero-order valence-corrected chi connectivity index (χ0v) is 13.2. The molecule has 0 bridgehead atoms. The maximum Gasteiger partial charge on any atom is 0.264 e. The molecule has 2 aromatic rings. The predicted molar refractivity (Wildman–Crippen MR) is 80.9 cm³/mol. The van der Waals surface area contributed by atoms with Gasteiger partial charge in [0.05, 0.1) is 13.2 Å². The quantitative estimate of drug-likeness (QED) is 0.892. The first-order valence-corrected chi connectivity index (χ1v) is 7.84. The van der Waals surface area contributed by atoms with Gasteiger partial charge in [-0.2, -0.15) is 5.10 Å². The van der Waals surface area contributed by atoms with E-state index in [1.54, 1.807) is 11.0 Å². The second-order valence-corrected chi connectivity index (χ2v) is 5.99. The largest absolute Gasteiger partial charge is 0.480 e. The standard InChI is InChI=1S/C16H17FN4O3/c1-9-18-15(20-19-9)14-8-21(4-5-23-14)16(22)13-7-10-6-11(17)2-3-12(10)24-13/h2-3,6,13-14H,4-5,7-8H2,1H3,(H,18,19,20)/t13-,14-/m0/s1. The minimum Gasteiger partial charge on any atom is -0.480 e. The fraction of sp³-hybridized carbons (Fsp3) is 0.438. The Morgan fingerprint density at radius 3 is 3.12 bits per heavy atom. The Bertz CT molecular complexity index is 778. The molecule has 24 heavy (non-hydrogen) atoms. The summed E-state index contributed by atoms with van der Waals surface area (Å²) in [5.41, 5.74) is 0.725. The van der Waals surface area contributed by atoms with E-state index in [0.29, 0.717) is 43.5 Å². The fourth-order valence-electron chi connectivity index (χ4n) is 3.07. The first kappa shape index (κ1) is 15.1. The number of nitrogens with one attached hydrogen (secondary N) is 1. The third kappa shape index (κ3) is 2.73. The van der Waals surface area contributed by atoms with Crippen LogP contribution in [0, 0.1) is 12.7 Å². The first-order chi connectivity index (χ1) is 11.6. The summed E-state index contributed by atoms with van der Waals surface area (Å²) in [5.74, 6) is 1.38. The molecule has 1 amide bonds. The Balaban J connectivity index is 1.45. The predicted octanol–water partition coefficient (Wildman–Crippen LogP) is 1.16. The van der Waals surface area contributed by atoms with E-state index in [0.717, 1.165) is 5.56 Å². The lowest BCUT2D eigenvalue weighted by Crippen LogP contribution is -2.48. The number of hydrogen-bond donors (Lipinski definition) is 1. The van der Waals surface area contributed by atoms with Crippen LogP contribution in [0.4, 0.5) is 4.39 Å². The molecular weight excluding hydrogens is 315 g/mol. The molecule has 1 saturated heterocycles. The molecule has 0 unspecified atom stereocenters. The monoisotopic (exact) mass is 332 g/mol. The number of nitrogens with zero attached hydrogens (tertiary/aromatic N) is 3. The second kappa shape index (κ2) is 5.86. The van der Waals surface area contributed by atoms with Crippen LogP contribution < -0.4 is 4.74 Å². The van der Waals surface area contributed by atoms with Gasteiger partial charge in [-0.05, 0) is 25.1 Å². The van der Waals surface area contributed by atoms with Crippen molar-refractivity contribution in [2.45, 2.75) is 25.6 Å². The van der Waals surface area contributed by atoms with Gasteiger partial charge in [0.15, 0.2) is 11.9 Å². The van der Waals surface area contributed by atoms with Gasteiger partial charge in [0.2, 0.25) is 0 Å². The molecule has 0 radical (unpaired) electrons. The molecule has 8 heteroatoms. The summed E-state index contributed by atoms with van der Waals surface area (Å²) in [7, 11) is 0. The van der Waals surface area contributed by atoms with E-state index in [1.807, 2.05) is 6.92 Å². The lowest BCUT2D eigenvalue weighted by molar-refractivity contribution is -0.146. The van der Waals surface area contributed by atoms with Gasteiger partial charge in [0, 0.05) is 18.5 Å². The summed E-state index contributed by atoms with van der Waals surface area (Å²) in [5, 5.41) is 6.88. The minimum absolute atomic E-state index is 0.118. The van der Waals surface area contributed by atoms with Crippen LogP contribution in [0.1, 0.15) is 23.3 Å². The van der Waals surface area contributed by atoms with Gasteiger partial charge in [0.1, 0.15) is 23.5 Å². The third-order valence-electron chi connectivity index (χ3n) is 4.25. The van der Waals surface area contributed by atoms with Crippen molar-refractivity contribution in [3.63, 3.8) is 0 Å². The fourth-order valence-corrected chi connectivity index (χ4v) is 3.07. The Hall–Kier alpha value is -2.48. The number of carbonyl (C=O) groups is 1. The van der Waals surface area contributed by atoms with Crippen molar-refractivity contribution in [1.29, 1.82) is 0 Å². The van der Waals surface area contributed by atoms with Crippen LogP contribution in [0.5, 0.6) is 5.75 Å². The van der Waals surface area contributed by atoms with Crippen LogP contribution in [-0.4, -0.2) is 51.8 Å². The number of ether oxygens (including phenoxy) is 2. The van der Waals surface area contributed by atoms with E-state index in [-0.39, 0.29) is 17.8 Å². The van der Waals surface area contributed by atoms with E-state index in [9.17, 15) is 9.18 Å². The number of hydrogen-bond acceptors (Lipinski definition) is 5. The number of amides is 1. The zero-order valence-electron chi connectivity index (χ0n) is 13.2. The average molecular weight is 332 g/mol. The zero-order chi connectivity index (χ0) is 16.7. The van der Waals surface area contributed by atoms with Gasteiger partial charge in [0.25, 0.3) is 5.91 Å². The van der Waals surface area contributed by atoms with Gasteiger partial charge in [-0.15, -0.1) is 0 Å². The number of benzene rings is 1. The number of aromatic nitrogens is 3. The molecule has 3 heterocycles. The van der Waals surface area contributed by atoms with Crippen molar-refractivity contribution in [1.82, 2.24) is 20.1 Å². The smallest absolute Gasteiger partial charge is 0.264 e. The maximum absolute atomic E-state index is 13.3. The Morgan fingerprint density at radius 2 is 2.33 bits per heavy atom. The van der Waals surface area contributed by atoms with E-state index < -0.39 is 6.10 Å². The van der Waals surface area contributed by atoms with Gasteiger partial charge < -0.3 is 14.4 Å². The van der Waals surface area contributed by atoms with Crippen LogP contribution in [0.15, 0.2) is 18.2 Å². The molecule has 7 nitrogen and oxygen atoms in total. The van der Waals surface area contributed by atoms with E-state index >= 15 is 0 Å². The molecule has 0 spiro atoms. The first-order valence-electron chi connectivity index (χ1n) is 7.84. The van der Waals surface area contributed by atoms with Gasteiger partial charge >= 0.3 is 0 Å². The molecule has 1 aromatic carbocycles. The summed E-state index contributed by atoms with van der Waals surface area (Å²) >= 11 is 0. The molecule has 1 N–H and O–H groups in total. The van der Waals surface area contributed by atoms with E-state index in [1.165, 1.54) is 12.1 Å². The molecule has 0 saturated carbocycles. The topological polar surface area (TPSA) is 80.3 Å². The van der Waals surface area contributed by atoms with Crippen molar-refractivity contribution < 1.29 is 18.7 Å². The maximum atomic E-state index is 13.3. The lowest BCUT2D eigenvalue weighted by atomic mass is 10.1. The van der Waals surface area contributed by atoms with Crippen LogP contribution in [0.25, 0.3) is 0 Å². The number of aryl methyl sites for hydroxylation is 1. The summed E-state index contributed by atoms with van der Waals surface area (Å²) in [6.07, 6.45) is -0.587. The molecule has 126 valence electrons.